The third kappa shape index (κ3) is 15.0. The van der Waals surface area contributed by atoms with E-state index in [1.54, 1.807) is 26.0 Å². The molecular formula is C35H52N8O8. The van der Waals surface area contributed by atoms with Crippen molar-refractivity contribution in [3.8, 4) is 11.5 Å². The lowest BCUT2D eigenvalue weighted by molar-refractivity contribution is -0.142. The average Bonchev–Trinajstić information content (AvgIpc) is 3.05. The Kier molecular flexibility index (Phi) is 16.7. The SMILES string of the molecule is CC(C)C[C@H](NC(=O)[C@@H](N)CCCN=C(N)N)C(=O)N[C@@H](Cc1ccc(O)cc1)C(=O)N[C@H](C(=O)N[C@@H](Cc1ccc(O)cc1)C(=O)O)C(C)C. The maximum atomic E-state index is 13.9. The lowest BCUT2D eigenvalue weighted by Crippen LogP contribution is -2.60. The van der Waals surface area contributed by atoms with Crippen LogP contribution in [0.2, 0.25) is 0 Å². The Labute approximate surface area is 297 Å². The normalized spacial score (nSPS) is 14.0. The van der Waals surface area contributed by atoms with Crippen molar-refractivity contribution in [3.63, 3.8) is 0 Å². The van der Waals surface area contributed by atoms with E-state index in [9.17, 15) is 39.3 Å². The number of aromatic hydroxyl groups is 2. The first-order valence-electron chi connectivity index (χ1n) is 16.8. The van der Waals surface area contributed by atoms with Crippen LogP contribution < -0.4 is 38.5 Å². The van der Waals surface area contributed by atoms with E-state index in [0.29, 0.717) is 17.5 Å². The first-order chi connectivity index (χ1) is 24.0. The summed E-state index contributed by atoms with van der Waals surface area (Å²) < 4.78 is 0. The highest BCUT2D eigenvalue weighted by molar-refractivity contribution is 5.95. The molecule has 2 rings (SSSR count). The molecule has 0 fully saturated rings. The molecule has 0 heterocycles. The number of hydrogen-bond acceptors (Lipinski definition) is 9. The van der Waals surface area contributed by atoms with Gasteiger partial charge in [0.1, 0.15) is 35.7 Å². The Morgan fingerprint density at radius 3 is 1.63 bits per heavy atom. The van der Waals surface area contributed by atoms with Crippen molar-refractivity contribution in [1.82, 2.24) is 21.3 Å². The Morgan fingerprint density at radius 2 is 1.16 bits per heavy atom. The number of hydrogen-bond donors (Lipinski definition) is 10. The maximum Gasteiger partial charge on any atom is 0.326 e. The highest BCUT2D eigenvalue weighted by Crippen LogP contribution is 2.15. The summed E-state index contributed by atoms with van der Waals surface area (Å²) in [6, 6.07) is 6.07. The zero-order valence-electron chi connectivity index (χ0n) is 29.5. The molecular weight excluding hydrogens is 660 g/mol. The van der Waals surface area contributed by atoms with Gasteiger partial charge in [-0.2, -0.15) is 0 Å². The van der Waals surface area contributed by atoms with Crippen LogP contribution in [0, 0.1) is 11.8 Å². The molecule has 0 aromatic heterocycles. The fourth-order valence-corrected chi connectivity index (χ4v) is 5.10. The van der Waals surface area contributed by atoms with Crippen molar-refractivity contribution in [2.45, 2.75) is 90.0 Å². The quantitative estimate of drug-likeness (QED) is 0.0495. The summed E-state index contributed by atoms with van der Waals surface area (Å²) >= 11 is 0. The second-order valence-corrected chi connectivity index (χ2v) is 13.2. The number of phenolic OH excluding ortho intramolecular Hbond substituents is 2. The number of nitrogens with one attached hydrogen (secondary N) is 4. The van der Waals surface area contributed by atoms with Gasteiger partial charge in [-0.1, -0.05) is 52.0 Å². The smallest absolute Gasteiger partial charge is 0.326 e. The Hall–Kier alpha value is -5.38. The van der Waals surface area contributed by atoms with Gasteiger partial charge < -0.3 is 53.8 Å². The van der Waals surface area contributed by atoms with Gasteiger partial charge in [-0.15, -0.1) is 0 Å². The van der Waals surface area contributed by atoms with Gasteiger partial charge in [0.05, 0.1) is 6.04 Å². The molecule has 0 unspecified atom stereocenters. The number of carbonyl (C=O) groups is 5. The first kappa shape index (κ1) is 41.8. The fraction of sp³-hybridized carbons (Fsp3) is 0.486. The third-order valence-corrected chi connectivity index (χ3v) is 7.89. The minimum absolute atomic E-state index is 0.00340. The highest BCUT2D eigenvalue weighted by Gasteiger charge is 2.33. The fourth-order valence-electron chi connectivity index (χ4n) is 5.10. The molecule has 5 atom stereocenters. The van der Waals surface area contributed by atoms with Crippen LogP contribution in [0.3, 0.4) is 0 Å². The van der Waals surface area contributed by atoms with Crippen molar-refractivity contribution in [2.24, 2.45) is 34.0 Å². The first-order valence-corrected chi connectivity index (χ1v) is 16.8. The molecule has 0 spiro atoms. The molecule has 4 amide bonds. The highest BCUT2D eigenvalue weighted by atomic mass is 16.4. The second-order valence-electron chi connectivity index (χ2n) is 13.2. The number of nitrogens with two attached hydrogens (primary N) is 3. The zero-order chi connectivity index (χ0) is 38.2. The Bertz CT molecular complexity index is 1490. The monoisotopic (exact) mass is 712 g/mol. The van der Waals surface area contributed by atoms with Gasteiger partial charge in [0.2, 0.25) is 23.6 Å². The molecule has 0 aliphatic rings. The van der Waals surface area contributed by atoms with Crippen LogP contribution in [0.4, 0.5) is 0 Å². The van der Waals surface area contributed by atoms with Gasteiger partial charge in [0.15, 0.2) is 5.96 Å². The number of carbonyl (C=O) groups excluding carboxylic acids is 4. The standard InChI is InChI=1S/C35H52N8O8/c1-19(2)16-26(40-30(46)25(36)6-5-15-39-35(37)38)31(47)41-27(17-21-7-11-23(44)12-8-21)32(48)43-29(20(3)4)33(49)42-28(34(50)51)18-22-9-13-24(45)14-10-22/h7-14,19-20,25-29,44-45H,5-6,15-18,36H2,1-4H3,(H,40,46)(H,41,47)(H,42,49)(H,43,48)(H,50,51)(H4,37,38,39)/t25-,26-,27-,28-,29-/m0/s1. The van der Waals surface area contributed by atoms with E-state index in [-0.39, 0.29) is 55.6 Å². The zero-order valence-corrected chi connectivity index (χ0v) is 29.5. The van der Waals surface area contributed by atoms with Gasteiger partial charge in [0.25, 0.3) is 0 Å². The summed E-state index contributed by atoms with van der Waals surface area (Å²) in [6.07, 6.45) is 0.774. The lowest BCUT2D eigenvalue weighted by atomic mass is 9.98. The third-order valence-electron chi connectivity index (χ3n) is 7.89. The van der Waals surface area contributed by atoms with E-state index in [1.165, 1.54) is 36.4 Å². The summed E-state index contributed by atoms with van der Waals surface area (Å²) in [5.74, 6) is -4.63. The molecule has 2 aromatic carbocycles. The van der Waals surface area contributed by atoms with Crippen LogP contribution in [0.1, 0.15) is 58.1 Å². The van der Waals surface area contributed by atoms with Gasteiger partial charge in [0, 0.05) is 19.4 Å². The van der Waals surface area contributed by atoms with Gasteiger partial charge in [-0.3, -0.25) is 24.2 Å². The average molecular weight is 713 g/mol. The molecule has 0 saturated carbocycles. The summed E-state index contributed by atoms with van der Waals surface area (Å²) in [6.45, 7) is 7.34. The van der Waals surface area contributed by atoms with E-state index < -0.39 is 65.7 Å². The van der Waals surface area contributed by atoms with E-state index >= 15 is 0 Å². The Morgan fingerprint density at radius 1 is 0.686 bits per heavy atom. The number of carboxylic acid groups (broad SMARTS) is 1. The number of guanidine groups is 1. The molecule has 16 nitrogen and oxygen atoms in total. The predicted molar refractivity (Wildman–Crippen MR) is 191 cm³/mol. The van der Waals surface area contributed by atoms with E-state index in [0.717, 1.165) is 0 Å². The molecule has 13 N–H and O–H groups in total. The molecule has 0 saturated heterocycles. The van der Waals surface area contributed by atoms with Crippen molar-refractivity contribution in [3.05, 3.63) is 59.7 Å². The second kappa shape index (κ2) is 20.3. The van der Waals surface area contributed by atoms with Gasteiger partial charge in [-0.05, 0) is 66.5 Å². The molecule has 2 aromatic rings. The topological polar surface area (TPSA) is 285 Å². The Balaban J connectivity index is 2.27. The molecule has 0 radical (unpaired) electrons. The number of rotatable bonds is 20. The minimum Gasteiger partial charge on any atom is -0.508 e. The van der Waals surface area contributed by atoms with Crippen molar-refractivity contribution in [2.75, 3.05) is 6.54 Å². The molecule has 0 aliphatic carbocycles. The molecule has 0 bridgehead atoms. The summed E-state index contributed by atoms with van der Waals surface area (Å²) in [5.41, 5.74) is 17.9. The summed E-state index contributed by atoms with van der Waals surface area (Å²) in [5, 5.41) is 39.7. The van der Waals surface area contributed by atoms with E-state index in [1.807, 2.05) is 13.8 Å². The summed E-state index contributed by atoms with van der Waals surface area (Å²) in [7, 11) is 0. The number of aliphatic carboxylic acids is 1. The van der Waals surface area contributed by atoms with Crippen molar-refractivity contribution in [1.29, 1.82) is 0 Å². The van der Waals surface area contributed by atoms with Crippen molar-refractivity contribution < 1.29 is 39.3 Å². The van der Waals surface area contributed by atoms with Crippen LogP contribution in [-0.4, -0.2) is 87.6 Å². The molecule has 280 valence electrons. The number of phenols is 2. The summed E-state index contributed by atoms with van der Waals surface area (Å²) in [4.78, 5) is 69.9. The largest absolute Gasteiger partial charge is 0.508 e. The minimum atomic E-state index is -1.34. The van der Waals surface area contributed by atoms with Crippen LogP contribution in [0.15, 0.2) is 53.5 Å². The number of benzene rings is 2. The number of aliphatic imine (C=N–C) groups is 1. The van der Waals surface area contributed by atoms with E-state index in [2.05, 4.69) is 26.3 Å². The molecule has 16 heteroatoms. The van der Waals surface area contributed by atoms with Crippen LogP contribution >= 0.6 is 0 Å². The van der Waals surface area contributed by atoms with E-state index in [4.69, 9.17) is 17.2 Å². The van der Waals surface area contributed by atoms with Crippen LogP contribution in [0.5, 0.6) is 11.5 Å². The van der Waals surface area contributed by atoms with Crippen molar-refractivity contribution >= 4 is 35.6 Å². The van der Waals surface area contributed by atoms with Crippen LogP contribution in [0.25, 0.3) is 0 Å². The molecule has 0 aliphatic heterocycles. The number of carboxylic acids is 1. The predicted octanol–water partition coefficient (Wildman–Crippen LogP) is -0.0102. The van der Waals surface area contributed by atoms with Gasteiger partial charge in [-0.25, -0.2) is 4.79 Å². The number of amides is 4. The van der Waals surface area contributed by atoms with Crippen LogP contribution in [-0.2, 0) is 36.8 Å². The maximum absolute atomic E-state index is 13.9. The number of nitrogens with zero attached hydrogens (tertiary/aromatic N) is 1. The van der Waals surface area contributed by atoms with Gasteiger partial charge >= 0.3 is 5.97 Å². The molecule has 51 heavy (non-hydrogen) atoms. The lowest BCUT2D eigenvalue weighted by Gasteiger charge is -2.28.